The molecule has 1 aliphatic rings. The minimum atomic E-state index is -3.55. The van der Waals surface area contributed by atoms with E-state index in [9.17, 15) is 13.2 Å². The van der Waals surface area contributed by atoms with E-state index >= 15 is 0 Å². The van der Waals surface area contributed by atoms with Crippen molar-refractivity contribution in [3.63, 3.8) is 0 Å². The number of piperazine rings is 1. The van der Waals surface area contributed by atoms with Crippen molar-refractivity contribution in [1.82, 2.24) is 9.21 Å². The quantitative estimate of drug-likeness (QED) is 0.776. The predicted octanol–water partition coefficient (Wildman–Crippen LogP) is 2.50. The third kappa shape index (κ3) is 3.26. The Bertz CT molecular complexity index is 841. The molecular weight excluding hydrogens is 396 g/mol. The molecule has 6 nitrogen and oxygen atoms in total. The Morgan fingerprint density at radius 3 is 2.46 bits per heavy atom. The maximum atomic E-state index is 12.7. The van der Waals surface area contributed by atoms with Gasteiger partial charge in [0.15, 0.2) is 5.76 Å². The van der Waals surface area contributed by atoms with Gasteiger partial charge in [0.25, 0.3) is 5.91 Å². The fourth-order valence-electron chi connectivity index (χ4n) is 2.61. The molecule has 0 spiro atoms. The van der Waals surface area contributed by atoms with Gasteiger partial charge in [0.1, 0.15) is 0 Å². The second-order valence-corrected chi connectivity index (χ2v) is 8.38. The van der Waals surface area contributed by atoms with Crippen LogP contribution >= 0.6 is 15.9 Å². The fourth-order valence-corrected chi connectivity index (χ4v) is 4.37. The lowest BCUT2D eigenvalue weighted by Crippen LogP contribution is -2.50. The van der Waals surface area contributed by atoms with E-state index in [-0.39, 0.29) is 29.7 Å². The molecule has 0 radical (unpaired) electrons. The van der Waals surface area contributed by atoms with E-state index in [0.717, 1.165) is 10.0 Å². The number of furan rings is 1. The Hall–Kier alpha value is -1.64. The van der Waals surface area contributed by atoms with E-state index in [1.165, 1.54) is 10.6 Å². The molecule has 0 aliphatic carbocycles. The summed E-state index contributed by atoms with van der Waals surface area (Å²) in [5.74, 6) is 0.0615. The molecule has 1 fully saturated rings. The van der Waals surface area contributed by atoms with Crippen LogP contribution in [0, 0.1) is 6.92 Å². The van der Waals surface area contributed by atoms with Gasteiger partial charge in [0, 0.05) is 30.7 Å². The van der Waals surface area contributed by atoms with Crippen molar-refractivity contribution >= 4 is 31.9 Å². The van der Waals surface area contributed by atoms with Gasteiger partial charge in [-0.2, -0.15) is 4.31 Å². The Morgan fingerprint density at radius 2 is 1.88 bits per heavy atom. The Morgan fingerprint density at radius 1 is 1.17 bits per heavy atom. The molecule has 1 amide bonds. The molecule has 1 saturated heterocycles. The van der Waals surface area contributed by atoms with Crippen molar-refractivity contribution in [3.8, 4) is 0 Å². The number of hydrogen-bond donors (Lipinski definition) is 0. The maximum absolute atomic E-state index is 12.7. The largest absolute Gasteiger partial charge is 0.459 e. The lowest BCUT2D eigenvalue weighted by molar-refractivity contribution is 0.0666. The zero-order chi connectivity index (χ0) is 17.3. The van der Waals surface area contributed by atoms with E-state index in [2.05, 4.69) is 15.9 Å². The van der Waals surface area contributed by atoms with Gasteiger partial charge in [-0.1, -0.05) is 15.9 Å². The highest BCUT2D eigenvalue weighted by Crippen LogP contribution is 2.23. The lowest BCUT2D eigenvalue weighted by atomic mass is 10.2. The van der Waals surface area contributed by atoms with Crippen LogP contribution in [0.4, 0.5) is 0 Å². The molecule has 24 heavy (non-hydrogen) atoms. The summed E-state index contributed by atoms with van der Waals surface area (Å²) in [5.41, 5.74) is 0.864. The van der Waals surface area contributed by atoms with Crippen LogP contribution < -0.4 is 0 Å². The molecule has 0 unspecified atom stereocenters. The van der Waals surface area contributed by atoms with Gasteiger partial charge in [-0.05, 0) is 42.8 Å². The first kappa shape index (κ1) is 17.2. The zero-order valence-corrected chi connectivity index (χ0v) is 15.5. The van der Waals surface area contributed by atoms with E-state index in [1.807, 2.05) is 6.92 Å². The number of aryl methyl sites for hydroxylation is 1. The van der Waals surface area contributed by atoms with Gasteiger partial charge < -0.3 is 9.32 Å². The first-order valence-corrected chi connectivity index (χ1v) is 9.72. The number of rotatable bonds is 3. The number of sulfonamides is 1. The highest BCUT2D eigenvalue weighted by molar-refractivity contribution is 9.10. The minimum Gasteiger partial charge on any atom is -0.459 e. The van der Waals surface area contributed by atoms with Crippen LogP contribution in [0.25, 0.3) is 0 Å². The molecule has 1 aromatic carbocycles. The summed E-state index contributed by atoms with van der Waals surface area (Å²) in [7, 11) is -3.55. The number of carbonyl (C=O) groups is 1. The van der Waals surface area contributed by atoms with E-state index in [1.54, 1.807) is 35.2 Å². The number of halogens is 1. The maximum Gasteiger partial charge on any atom is 0.289 e. The zero-order valence-electron chi connectivity index (χ0n) is 13.1. The highest BCUT2D eigenvalue weighted by atomic mass is 79.9. The van der Waals surface area contributed by atoms with Crippen molar-refractivity contribution in [1.29, 1.82) is 0 Å². The molecular formula is C16H17BrN2O4S. The van der Waals surface area contributed by atoms with Gasteiger partial charge >= 0.3 is 0 Å². The summed E-state index contributed by atoms with van der Waals surface area (Å²) in [4.78, 5) is 14.1. The Kier molecular flexibility index (Phi) is 4.80. The second-order valence-electron chi connectivity index (χ2n) is 5.58. The van der Waals surface area contributed by atoms with Crippen molar-refractivity contribution < 1.29 is 17.6 Å². The Labute approximate surface area is 149 Å². The highest BCUT2D eigenvalue weighted by Gasteiger charge is 2.31. The van der Waals surface area contributed by atoms with Gasteiger partial charge in [0.2, 0.25) is 10.0 Å². The predicted molar refractivity (Wildman–Crippen MR) is 92.2 cm³/mol. The summed E-state index contributed by atoms with van der Waals surface area (Å²) in [6.07, 6.45) is 1.45. The van der Waals surface area contributed by atoms with Crippen molar-refractivity contribution in [2.75, 3.05) is 26.2 Å². The van der Waals surface area contributed by atoms with Crippen molar-refractivity contribution in [2.24, 2.45) is 0 Å². The summed E-state index contributed by atoms with van der Waals surface area (Å²) < 4.78 is 32.9. The monoisotopic (exact) mass is 412 g/mol. The average molecular weight is 413 g/mol. The molecule has 1 aromatic heterocycles. The third-order valence-electron chi connectivity index (χ3n) is 4.02. The minimum absolute atomic E-state index is 0.212. The molecule has 0 atom stereocenters. The first-order chi connectivity index (χ1) is 11.4. The van der Waals surface area contributed by atoms with Crippen LogP contribution in [-0.4, -0.2) is 49.7 Å². The summed E-state index contributed by atoms with van der Waals surface area (Å²) in [6.45, 7) is 3.07. The summed E-state index contributed by atoms with van der Waals surface area (Å²) >= 11 is 3.37. The molecule has 0 N–H and O–H groups in total. The van der Waals surface area contributed by atoms with E-state index < -0.39 is 10.0 Å². The molecule has 3 rings (SSSR count). The number of nitrogens with zero attached hydrogens (tertiary/aromatic N) is 2. The number of benzene rings is 1. The normalized spacial score (nSPS) is 16.3. The second kappa shape index (κ2) is 6.70. The number of hydrogen-bond acceptors (Lipinski definition) is 4. The number of amides is 1. The van der Waals surface area contributed by atoms with E-state index in [0.29, 0.717) is 13.1 Å². The standard InChI is InChI=1S/C16H17BrN2O4S/c1-12-11-13(4-5-14(12)17)24(21,22)19-8-6-18(7-9-19)16(20)15-3-2-10-23-15/h2-5,10-11H,6-9H2,1H3. The first-order valence-electron chi connectivity index (χ1n) is 7.48. The van der Waals surface area contributed by atoms with Crippen LogP contribution in [0.1, 0.15) is 16.1 Å². The van der Waals surface area contributed by atoms with E-state index in [4.69, 9.17) is 4.42 Å². The third-order valence-corrected chi connectivity index (χ3v) is 6.81. The van der Waals surface area contributed by atoms with Crippen LogP contribution in [0.2, 0.25) is 0 Å². The van der Waals surface area contributed by atoms with Crippen LogP contribution in [-0.2, 0) is 10.0 Å². The van der Waals surface area contributed by atoms with Gasteiger partial charge in [-0.3, -0.25) is 4.79 Å². The van der Waals surface area contributed by atoms with Crippen LogP contribution in [0.3, 0.4) is 0 Å². The average Bonchev–Trinajstić information content (AvgIpc) is 3.11. The summed E-state index contributed by atoms with van der Waals surface area (Å²) in [5, 5.41) is 0. The van der Waals surface area contributed by atoms with Crippen molar-refractivity contribution in [2.45, 2.75) is 11.8 Å². The fraction of sp³-hybridized carbons (Fsp3) is 0.312. The lowest BCUT2D eigenvalue weighted by Gasteiger charge is -2.33. The smallest absolute Gasteiger partial charge is 0.289 e. The molecule has 2 heterocycles. The molecule has 0 bridgehead atoms. The molecule has 8 heteroatoms. The molecule has 2 aromatic rings. The van der Waals surface area contributed by atoms with Crippen molar-refractivity contribution in [3.05, 3.63) is 52.4 Å². The molecule has 128 valence electrons. The topological polar surface area (TPSA) is 70.8 Å². The molecule has 0 saturated carbocycles. The SMILES string of the molecule is Cc1cc(S(=O)(=O)N2CCN(C(=O)c3ccco3)CC2)ccc1Br. The van der Waals surface area contributed by atoms with Gasteiger partial charge in [-0.15, -0.1) is 0 Å². The molecule has 1 aliphatic heterocycles. The van der Waals surface area contributed by atoms with Gasteiger partial charge in [-0.25, -0.2) is 8.42 Å². The van der Waals surface area contributed by atoms with Crippen LogP contribution in [0.5, 0.6) is 0 Å². The van der Waals surface area contributed by atoms with Crippen LogP contribution in [0.15, 0.2) is 50.4 Å². The Balaban J connectivity index is 1.71. The summed E-state index contributed by atoms with van der Waals surface area (Å²) in [6, 6.07) is 8.24. The van der Waals surface area contributed by atoms with Gasteiger partial charge in [0.05, 0.1) is 11.2 Å². The number of carbonyl (C=O) groups excluding carboxylic acids is 1.